The Morgan fingerprint density at radius 2 is 2.04 bits per heavy atom. The van der Waals surface area contributed by atoms with E-state index in [-0.39, 0.29) is 0 Å². The molecular formula is C18H23ClN4O2S. The predicted molar refractivity (Wildman–Crippen MR) is 106 cm³/mol. The molecule has 0 saturated heterocycles. The molecule has 0 unspecified atom stereocenters. The first-order valence-corrected chi connectivity index (χ1v) is 9.79. The van der Waals surface area contributed by atoms with Crippen molar-refractivity contribution in [2.45, 2.75) is 32.9 Å². The first kappa shape index (κ1) is 18.8. The number of ether oxygens (including phenoxy) is 2. The first-order valence-electron chi connectivity index (χ1n) is 8.53. The summed E-state index contributed by atoms with van der Waals surface area (Å²) in [6.45, 7) is 6.56. The normalized spacial score (nSPS) is 13.8. The number of thiazole rings is 1. The number of halogens is 1. The summed E-state index contributed by atoms with van der Waals surface area (Å²) in [5.41, 5.74) is 2.12. The summed E-state index contributed by atoms with van der Waals surface area (Å²) in [6.07, 6.45) is 0. The van der Waals surface area contributed by atoms with Crippen LogP contribution in [0.5, 0.6) is 11.5 Å². The fraction of sp³-hybridized carbons (Fsp3) is 0.444. The van der Waals surface area contributed by atoms with Gasteiger partial charge in [-0.1, -0.05) is 25.4 Å². The first-order chi connectivity index (χ1) is 12.6. The van der Waals surface area contributed by atoms with E-state index in [4.69, 9.17) is 21.1 Å². The molecule has 2 aromatic rings. The van der Waals surface area contributed by atoms with Crippen LogP contribution in [0.1, 0.15) is 36.0 Å². The number of guanidine groups is 1. The molecule has 0 atom stereocenters. The Morgan fingerprint density at radius 3 is 2.77 bits per heavy atom. The van der Waals surface area contributed by atoms with Crippen molar-refractivity contribution in [2.24, 2.45) is 4.99 Å². The van der Waals surface area contributed by atoms with Crippen LogP contribution in [-0.4, -0.2) is 31.2 Å². The fourth-order valence-electron chi connectivity index (χ4n) is 2.50. The molecule has 0 fully saturated rings. The van der Waals surface area contributed by atoms with Gasteiger partial charge in [0, 0.05) is 19.0 Å². The number of hydrogen-bond donors (Lipinski definition) is 2. The molecule has 0 bridgehead atoms. The largest absolute Gasteiger partial charge is 0.486 e. The van der Waals surface area contributed by atoms with Crippen molar-refractivity contribution in [3.63, 3.8) is 0 Å². The molecule has 140 valence electrons. The van der Waals surface area contributed by atoms with E-state index in [1.54, 1.807) is 18.4 Å². The van der Waals surface area contributed by atoms with Crippen molar-refractivity contribution in [3.05, 3.63) is 38.8 Å². The van der Waals surface area contributed by atoms with Gasteiger partial charge in [0.05, 0.1) is 17.3 Å². The number of rotatable bonds is 5. The maximum Gasteiger partial charge on any atom is 0.191 e. The molecule has 0 spiro atoms. The minimum absolute atomic E-state index is 0.442. The highest BCUT2D eigenvalue weighted by molar-refractivity contribution is 7.09. The summed E-state index contributed by atoms with van der Waals surface area (Å²) >= 11 is 7.94. The SMILES string of the molecule is CN=C(NCc1cc(Cl)c2c(c1)OCCO2)NCc1nc(C(C)C)cs1. The third-order valence-corrected chi connectivity index (χ3v) is 5.06. The second-order valence-corrected chi connectivity index (χ2v) is 7.55. The molecule has 8 heteroatoms. The molecule has 2 N–H and O–H groups in total. The molecule has 0 saturated carbocycles. The van der Waals surface area contributed by atoms with Crippen molar-refractivity contribution in [1.82, 2.24) is 15.6 Å². The van der Waals surface area contributed by atoms with Crippen molar-refractivity contribution >= 4 is 28.9 Å². The van der Waals surface area contributed by atoms with E-state index >= 15 is 0 Å². The van der Waals surface area contributed by atoms with Gasteiger partial charge >= 0.3 is 0 Å². The molecule has 6 nitrogen and oxygen atoms in total. The second-order valence-electron chi connectivity index (χ2n) is 6.20. The lowest BCUT2D eigenvalue weighted by Gasteiger charge is -2.20. The Morgan fingerprint density at radius 1 is 1.27 bits per heavy atom. The highest BCUT2D eigenvalue weighted by atomic mass is 35.5. The lowest BCUT2D eigenvalue weighted by Crippen LogP contribution is -2.36. The number of aromatic nitrogens is 1. The molecule has 1 aromatic heterocycles. The third-order valence-electron chi connectivity index (χ3n) is 3.91. The summed E-state index contributed by atoms with van der Waals surface area (Å²) in [5.74, 6) is 2.45. The summed E-state index contributed by atoms with van der Waals surface area (Å²) in [4.78, 5) is 8.87. The van der Waals surface area contributed by atoms with Crippen molar-refractivity contribution in [2.75, 3.05) is 20.3 Å². The van der Waals surface area contributed by atoms with Crippen LogP contribution in [0, 0.1) is 0 Å². The number of benzene rings is 1. The van der Waals surface area contributed by atoms with Gasteiger partial charge in [0.15, 0.2) is 17.5 Å². The Bertz CT molecular complexity index is 791. The molecule has 0 radical (unpaired) electrons. The maximum atomic E-state index is 6.28. The molecule has 2 heterocycles. The average molecular weight is 395 g/mol. The van der Waals surface area contributed by atoms with Crippen molar-refractivity contribution in [3.8, 4) is 11.5 Å². The van der Waals surface area contributed by atoms with Gasteiger partial charge in [-0.15, -0.1) is 11.3 Å². The molecule has 1 aromatic carbocycles. The Balaban J connectivity index is 1.56. The van der Waals surface area contributed by atoms with Crippen molar-refractivity contribution in [1.29, 1.82) is 0 Å². The molecular weight excluding hydrogens is 372 g/mol. The van der Waals surface area contributed by atoms with E-state index in [0.29, 0.717) is 54.7 Å². The van der Waals surface area contributed by atoms with E-state index in [9.17, 15) is 0 Å². The van der Waals surface area contributed by atoms with Crippen LogP contribution in [0.2, 0.25) is 5.02 Å². The van der Waals surface area contributed by atoms with Crippen LogP contribution in [0.15, 0.2) is 22.5 Å². The van der Waals surface area contributed by atoms with Gasteiger partial charge < -0.3 is 20.1 Å². The van der Waals surface area contributed by atoms with Crippen LogP contribution in [0.4, 0.5) is 0 Å². The van der Waals surface area contributed by atoms with Crippen LogP contribution in [0.25, 0.3) is 0 Å². The molecule has 3 rings (SSSR count). The van der Waals surface area contributed by atoms with Gasteiger partial charge in [-0.2, -0.15) is 0 Å². The maximum absolute atomic E-state index is 6.28. The van der Waals surface area contributed by atoms with Crippen LogP contribution in [-0.2, 0) is 13.1 Å². The number of fused-ring (bicyclic) bond motifs is 1. The number of nitrogens with zero attached hydrogens (tertiary/aromatic N) is 2. The van der Waals surface area contributed by atoms with Crippen LogP contribution >= 0.6 is 22.9 Å². The fourth-order valence-corrected chi connectivity index (χ4v) is 3.69. The Hall–Kier alpha value is -1.99. The summed E-state index contributed by atoms with van der Waals surface area (Å²) in [5, 5.41) is 10.3. The van der Waals surface area contributed by atoms with E-state index < -0.39 is 0 Å². The van der Waals surface area contributed by atoms with E-state index in [1.807, 2.05) is 12.1 Å². The monoisotopic (exact) mass is 394 g/mol. The molecule has 1 aliphatic heterocycles. The van der Waals surface area contributed by atoms with Gasteiger partial charge in [0.2, 0.25) is 0 Å². The van der Waals surface area contributed by atoms with Gasteiger partial charge in [-0.3, -0.25) is 4.99 Å². The zero-order chi connectivity index (χ0) is 18.5. The summed E-state index contributed by atoms with van der Waals surface area (Å²) in [7, 11) is 1.74. The minimum Gasteiger partial charge on any atom is -0.486 e. The summed E-state index contributed by atoms with van der Waals surface area (Å²) < 4.78 is 11.2. The van der Waals surface area contributed by atoms with Gasteiger partial charge in [-0.25, -0.2) is 4.98 Å². The minimum atomic E-state index is 0.442. The van der Waals surface area contributed by atoms with E-state index in [0.717, 1.165) is 16.3 Å². The topological polar surface area (TPSA) is 67.8 Å². The Labute approximate surface area is 162 Å². The highest BCUT2D eigenvalue weighted by Gasteiger charge is 2.16. The van der Waals surface area contributed by atoms with E-state index in [1.165, 1.54) is 0 Å². The number of nitrogens with one attached hydrogen (secondary N) is 2. The lowest BCUT2D eigenvalue weighted by molar-refractivity contribution is 0.171. The number of aliphatic imine (C=N–C) groups is 1. The van der Waals surface area contributed by atoms with E-state index in [2.05, 4.69) is 39.8 Å². The number of hydrogen-bond acceptors (Lipinski definition) is 5. The van der Waals surface area contributed by atoms with Crippen molar-refractivity contribution < 1.29 is 9.47 Å². The lowest BCUT2D eigenvalue weighted by atomic mass is 10.2. The quantitative estimate of drug-likeness (QED) is 0.599. The van der Waals surface area contributed by atoms with Gasteiger partial charge in [-0.05, 0) is 23.6 Å². The zero-order valence-corrected chi connectivity index (χ0v) is 16.7. The third kappa shape index (κ3) is 4.59. The van der Waals surface area contributed by atoms with Crippen LogP contribution in [0.3, 0.4) is 0 Å². The summed E-state index contributed by atoms with van der Waals surface area (Å²) in [6, 6.07) is 3.82. The smallest absolute Gasteiger partial charge is 0.191 e. The molecule has 1 aliphatic rings. The average Bonchev–Trinajstić information content (AvgIpc) is 3.11. The Kier molecular flexibility index (Phi) is 6.21. The predicted octanol–water partition coefficient (Wildman–Crippen LogP) is 3.56. The zero-order valence-electron chi connectivity index (χ0n) is 15.1. The highest BCUT2D eigenvalue weighted by Crippen LogP contribution is 2.38. The second kappa shape index (κ2) is 8.60. The van der Waals surface area contributed by atoms with Crippen LogP contribution < -0.4 is 20.1 Å². The van der Waals surface area contributed by atoms with Gasteiger partial charge in [0.1, 0.15) is 18.2 Å². The van der Waals surface area contributed by atoms with Gasteiger partial charge in [0.25, 0.3) is 0 Å². The molecule has 0 aliphatic carbocycles. The molecule has 0 amide bonds. The standard InChI is InChI=1S/C18H23ClN4O2S/c1-11(2)14-10-26-16(23-14)9-22-18(20-3)21-8-12-6-13(19)17-15(7-12)24-4-5-25-17/h6-7,10-11H,4-5,8-9H2,1-3H3,(H2,20,21,22). The molecule has 26 heavy (non-hydrogen) atoms.